The zero-order valence-electron chi connectivity index (χ0n) is 28.8. The van der Waals surface area contributed by atoms with Gasteiger partial charge in [-0.15, -0.1) is 0 Å². The second-order valence-corrected chi connectivity index (χ2v) is 17.6. The molecule has 13 atom stereocenters. The van der Waals surface area contributed by atoms with E-state index in [0.29, 0.717) is 35.6 Å². The van der Waals surface area contributed by atoms with Gasteiger partial charge in [0.05, 0.1) is 57.8 Å². The van der Waals surface area contributed by atoms with Crippen molar-refractivity contribution in [3.8, 4) is 0 Å². The van der Waals surface area contributed by atoms with Crippen LogP contribution >= 0.6 is 0 Å². The van der Waals surface area contributed by atoms with Gasteiger partial charge in [-0.25, -0.2) is 5.06 Å². The molecule has 0 bridgehead atoms. The number of likely N-dealkylation sites (N-methyl/N-ethyl adjacent to an activating group) is 1. The number of morpholine rings is 1. The molecule has 3 aliphatic heterocycles. The lowest BCUT2D eigenvalue weighted by atomic mass is 9.41. The van der Waals surface area contributed by atoms with Crippen molar-refractivity contribution >= 4 is 5.91 Å². The molecule has 1 N–H and O–H groups in total. The Morgan fingerprint density at radius 3 is 2.47 bits per heavy atom. The highest BCUT2D eigenvalue weighted by Gasteiger charge is 2.84. The number of carbonyl (C=O) groups is 1. The fourth-order valence-corrected chi connectivity index (χ4v) is 13.6. The zero-order chi connectivity index (χ0) is 31.7. The molecule has 8 fully saturated rings. The molecule has 0 aromatic rings. The first-order valence-corrected chi connectivity index (χ1v) is 18.1. The molecule has 3 saturated heterocycles. The van der Waals surface area contributed by atoms with Crippen molar-refractivity contribution in [2.45, 2.75) is 123 Å². The van der Waals surface area contributed by atoms with Crippen molar-refractivity contribution in [1.82, 2.24) is 9.96 Å². The van der Waals surface area contributed by atoms with Gasteiger partial charge in [-0.05, 0) is 96.7 Å². The smallest absolute Gasteiger partial charge is 0.274 e. The number of fused-ring (bicyclic) bond motifs is 4. The maximum Gasteiger partial charge on any atom is 0.274 e. The van der Waals surface area contributed by atoms with Crippen LogP contribution in [0.2, 0.25) is 0 Å². The van der Waals surface area contributed by atoms with Gasteiger partial charge in [0.1, 0.15) is 6.10 Å². The van der Waals surface area contributed by atoms with Crippen LogP contribution in [-0.4, -0.2) is 105 Å². The molecule has 5 saturated carbocycles. The quantitative estimate of drug-likeness (QED) is 0.451. The summed E-state index contributed by atoms with van der Waals surface area (Å²) in [6.07, 6.45) is 7.61. The van der Waals surface area contributed by atoms with E-state index >= 15 is 0 Å². The van der Waals surface area contributed by atoms with Crippen LogP contribution < -0.4 is 0 Å². The van der Waals surface area contributed by atoms with E-state index in [1.165, 1.54) is 37.9 Å². The number of nitrogens with zero attached hydrogens (tertiary/aromatic N) is 2. The maximum absolute atomic E-state index is 13.1. The third-order valence-electron chi connectivity index (χ3n) is 16.1. The van der Waals surface area contributed by atoms with E-state index in [0.717, 1.165) is 52.2 Å². The molecule has 1 amide bonds. The molecule has 3 unspecified atom stereocenters. The van der Waals surface area contributed by atoms with Gasteiger partial charge in [-0.2, -0.15) is 0 Å². The fourth-order valence-electron chi connectivity index (χ4n) is 13.6. The minimum absolute atomic E-state index is 0.0181. The maximum atomic E-state index is 13.1. The van der Waals surface area contributed by atoms with E-state index in [1.807, 2.05) is 0 Å². The van der Waals surface area contributed by atoms with Gasteiger partial charge in [0.2, 0.25) is 0 Å². The number of hydrogen-bond donors (Lipinski definition) is 1. The van der Waals surface area contributed by atoms with E-state index in [4.69, 9.17) is 23.8 Å². The van der Waals surface area contributed by atoms with Crippen LogP contribution in [0.15, 0.2) is 0 Å². The number of ether oxygens (including phenoxy) is 4. The third kappa shape index (κ3) is 4.01. The molecule has 8 rings (SSSR count). The summed E-state index contributed by atoms with van der Waals surface area (Å²) in [5.74, 6) is 1.49. The molecule has 0 aromatic carbocycles. The number of carbonyl (C=O) groups excluding carboxylic acids is 1. The molecule has 45 heavy (non-hydrogen) atoms. The highest BCUT2D eigenvalue weighted by atomic mass is 16.7. The molecule has 2 spiro atoms. The normalized spacial score (nSPS) is 53.6. The monoisotopic (exact) mass is 630 g/mol. The van der Waals surface area contributed by atoms with Gasteiger partial charge >= 0.3 is 0 Å². The molecule has 9 heteroatoms. The van der Waals surface area contributed by atoms with Crippen LogP contribution in [-0.2, 0) is 28.6 Å². The molecule has 8 aliphatic rings. The van der Waals surface area contributed by atoms with Gasteiger partial charge in [-0.3, -0.25) is 14.5 Å². The van der Waals surface area contributed by atoms with E-state index < -0.39 is 12.2 Å². The van der Waals surface area contributed by atoms with Crippen molar-refractivity contribution in [3.05, 3.63) is 0 Å². The summed E-state index contributed by atoms with van der Waals surface area (Å²) in [6, 6.07) is 0.517. The minimum atomic E-state index is -0.574. The van der Waals surface area contributed by atoms with E-state index in [1.54, 1.807) is 7.05 Å². The molecular formula is C36H58N2O7. The Balaban J connectivity index is 1.03. The molecular weight excluding hydrogens is 572 g/mol. The number of aliphatic hydroxyl groups excluding tert-OH is 1. The summed E-state index contributed by atoms with van der Waals surface area (Å²) in [7, 11) is 3.16. The SMILES string of the molecule is CON(C)C(=O)[C@H]1CC(C)C2[C@H](O1)[C@H](O)[C@@]1(C)[C@@H]3CC[C@H]4C(C)(C)[C@@H](O[C@H]5CN(C6COC6)CCO5)CCC45C[C@@]35CC[C@]21C. The van der Waals surface area contributed by atoms with Gasteiger partial charge in [0.15, 0.2) is 6.29 Å². The van der Waals surface area contributed by atoms with E-state index in [9.17, 15) is 9.90 Å². The average molecular weight is 631 g/mol. The summed E-state index contributed by atoms with van der Waals surface area (Å²) in [5, 5.41) is 13.7. The lowest BCUT2D eigenvalue weighted by molar-refractivity contribution is -0.256. The topological polar surface area (TPSA) is 89.9 Å². The fraction of sp³-hybridized carbons (Fsp3) is 0.972. The Bertz CT molecular complexity index is 1200. The third-order valence-corrected chi connectivity index (χ3v) is 16.1. The Morgan fingerprint density at radius 1 is 1.02 bits per heavy atom. The zero-order valence-corrected chi connectivity index (χ0v) is 28.8. The first kappa shape index (κ1) is 31.5. The number of amides is 1. The molecule has 5 aliphatic carbocycles. The van der Waals surface area contributed by atoms with Gasteiger partial charge in [0, 0.05) is 19.0 Å². The van der Waals surface area contributed by atoms with Crippen LogP contribution in [0.1, 0.15) is 86.0 Å². The van der Waals surface area contributed by atoms with Crippen LogP contribution in [0.3, 0.4) is 0 Å². The molecule has 9 nitrogen and oxygen atoms in total. The predicted octanol–water partition coefficient (Wildman–Crippen LogP) is 4.26. The van der Waals surface area contributed by atoms with Gasteiger partial charge < -0.3 is 24.1 Å². The van der Waals surface area contributed by atoms with Gasteiger partial charge in [0.25, 0.3) is 5.91 Å². The van der Waals surface area contributed by atoms with Crippen molar-refractivity contribution < 1.29 is 33.7 Å². The lowest BCUT2D eigenvalue weighted by Crippen LogP contribution is -2.60. The largest absolute Gasteiger partial charge is 0.390 e. The second kappa shape index (κ2) is 10.3. The summed E-state index contributed by atoms with van der Waals surface area (Å²) in [4.78, 5) is 20.8. The Hall–Kier alpha value is -0.810. The summed E-state index contributed by atoms with van der Waals surface area (Å²) in [6.45, 7) is 16.3. The highest BCUT2D eigenvalue weighted by Crippen LogP contribution is 2.89. The molecule has 0 aromatic heterocycles. The van der Waals surface area contributed by atoms with Crippen molar-refractivity contribution in [3.63, 3.8) is 0 Å². The van der Waals surface area contributed by atoms with Crippen LogP contribution in [0.4, 0.5) is 0 Å². The van der Waals surface area contributed by atoms with Crippen LogP contribution in [0.25, 0.3) is 0 Å². The highest BCUT2D eigenvalue weighted by molar-refractivity contribution is 5.79. The van der Waals surface area contributed by atoms with Crippen molar-refractivity contribution in [2.75, 3.05) is 47.1 Å². The Kier molecular flexibility index (Phi) is 7.23. The first-order valence-electron chi connectivity index (χ1n) is 18.1. The standard InChI is InChI=1S/C36H58N2O7/c1-21-16-23(31(40)37(6)41-7)44-29-28(21)33(4)12-13-36-20-35(36)11-10-26(45-27-17-38(14-15-43-27)22-18-42-19-22)32(2,3)24(35)8-9-25(36)34(33,5)30(29)39/h21-30,39H,8-20H2,1-7H3/t21?,23-,24+,25+,26+,27+,28?,29+,30+,33-,34-,35?,36+/m1/s1. The first-order chi connectivity index (χ1) is 21.3. The average Bonchev–Trinajstić information content (AvgIpc) is 3.62. The van der Waals surface area contributed by atoms with Crippen LogP contribution in [0, 0.1) is 50.7 Å². The number of hydrogen-bond acceptors (Lipinski definition) is 8. The molecule has 254 valence electrons. The minimum Gasteiger partial charge on any atom is -0.390 e. The van der Waals surface area contributed by atoms with Crippen molar-refractivity contribution in [2.24, 2.45) is 50.7 Å². The molecule has 0 radical (unpaired) electrons. The van der Waals surface area contributed by atoms with Crippen molar-refractivity contribution in [1.29, 1.82) is 0 Å². The Morgan fingerprint density at radius 2 is 1.76 bits per heavy atom. The van der Waals surface area contributed by atoms with Gasteiger partial charge in [-0.1, -0.05) is 34.6 Å². The van der Waals surface area contributed by atoms with E-state index in [2.05, 4.69) is 39.5 Å². The number of rotatable bonds is 5. The summed E-state index contributed by atoms with van der Waals surface area (Å²) >= 11 is 0. The lowest BCUT2D eigenvalue weighted by Gasteiger charge is -2.64. The van der Waals surface area contributed by atoms with Crippen LogP contribution in [0.5, 0.6) is 0 Å². The number of hydroxylamine groups is 2. The summed E-state index contributed by atoms with van der Waals surface area (Å²) in [5.41, 5.74) is 0.441. The van der Waals surface area contributed by atoms with E-state index in [-0.39, 0.29) is 52.0 Å². The Labute approximate surface area is 269 Å². The number of aliphatic hydroxyl groups is 1. The summed E-state index contributed by atoms with van der Waals surface area (Å²) < 4.78 is 25.2. The second-order valence-electron chi connectivity index (χ2n) is 17.6. The predicted molar refractivity (Wildman–Crippen MR) is 167 cm³/mol. The molecule has 3 heterocycles.